The fraction of sp³-hybridized carbons (Fsp3) is 0.364. The molecule has 0 aliphatic carbocycles. The summed E-state index contributed by atoms with van der Waals surface area (Å²) in [5.41, 5.74) is 1.84. The first kappa shape index (κ1) is 19.7. The lowest BCUT2D eigenvalue weighted by Crippen LogP contribution is -2.45. The topological polar surface area (TPSA) is 76.1 Å². The molecule has 6 heteroatoms. The normalized spacial score (nSPS) is 16.2. The summed E-state index contributed by atoms with van der Waals surface area (Å²) < 4.78 is 11.2. The van der Waals surface area contributed by atoms with Crippen LogP contribution in [0.1, 0.15) is 43.5 Å². The van der Waals surface area contributed by atoms with Gasteiger partial charge in [-0.2, -0.15) is 0 Å². The van der Waals surface area contributed by atoms with E-state index in [0.29, 0.717) is 24.3 Å². The Bertz CT molecular complexity index is 857. The average molecular weight is 383 g/mol. The third-order valence-electron chi connectivity index (χ3n) is 4.45. The van der Waals surface area contributed by atoms with Crippen LogP contribution in [0.4, 0.5) is 4.79 Å². The van der Waals surface area contributed by atoms with E-state index in [1.165, 1.54) is 4.90 Å². The van der Waals surface area contributed by atoms with Crippen LogP contribution in [0.25, 0.3) is 0 Å². The van der Waals surface area contributed by atoms with E-state index < -0.39 is 23.7 Å². The van der Waals surface area contributed by atoms with Gasteiger partial charge >= 0.3 is 12.1 Å². The van der Waals surface area contributed by atoms with Crippen molar-refractivity contribution in [2.24, 2.45) is 0 Å². The highest BCUT2D eigenvalue weighted by Crippen LogP contribution is 2.33. The standard InChI is InChI=1S/C22H25NO5/c1-22(2,3)28-21(26)23-12-11-16-13-17(9-10-18(16)19(23)20(24)25)27-14-15-7-5-4-6-8-15/h4-10,13,19H,11-12,14H2,1-3H3,(H,24,25)/t19-/m0/s1. The molecule has 2 aromatic carbocycles. The molecule has 0 radical (unpaired) electrons. The molecule has 0 saturated heterocycles. The number of nitrogens with zero attached hydrogens (tertiary/aromatic N) is 1. The highest BCUT2D eigenvalue weighted by Gasteiger charge is 2.38. The molecule has 1 atom stereocenters. The highest BCUT2D eigenvalue weighted by atomic mass is 16.6. The fourth-order valence-electron chi connectivity index (χ4n) is 3.22. The van der Waals surface area contributed by atoms with E-state index in [1.807, 2.05) is 36.4 Å². The van der Waals surface area contributed by atoms with Gasteiger partial charge in [-0.1, -0.05) is 36.4 Å². The summed E-state index contributed by atoms with van der Waals surface area (Å²) in [5.74, 6) is -0.401. The summed E-state index contributed by atoms with van der Waals surface area (Å²) >= 11 is 0. The number of carboxylic acid groups (broad SMARTS) is 1. The van der Waals surface area contributed by atoms with Gasteiger partial charge in [0.2, 0.25) is 0 Å². The van der Waals surface area contributed by atoms with Crippen molar-refractivity contribution < 1.29 is 24.2 Å². The Labute approximate surface area is 164 Å². The van der Waals surface area contributed by atoms with Crippen LogP contribution in [0.3, 0.4) is 0 Å². The van der Waals surface area contributed by atoms with Crippen molar-refractivity contribution in [1.82, 2.24) is 4.90 Å². The lowest BCUT2D eigenvalue weighted by molar-refractivity contribution is -0.143. The number of hydrogen-bond donors (Lipinski definition) is 1. The molecule has 1 aliphatic heterocycles. The maximum atomic E-state index is 12.5. The molecule has 28 heavy (non-hydrogen) atoms. The van der Waals surface area contributed by atoms with E-state index >= 15 is 0 Å². The summed E-state index contributed by atoms with van der Waals surface area (Å²) in [6.45, 7) is 5.99. The van der Waals surface area contributed by atoms with E-state index in [9.17, 15) is 14.7 Å². The first-order chi connectivity index (χ1) is 13.2. The first-order valence-electron chi connectivity index (χ1n) is 9.26. The van der Waals surface area contributed by atoms with E-state index in [4.69, 9.17) is 9.47 Å². The third-order valence-corrected chi connectivity index (χ3v) is 4.45. The third kappa shape index (κ3) is 4.63. The number of carboxylic acids is 1. The van der Waals surface area contributed by atoms with Gasteiger partial charge in [0.25, 0.3) is 0 Å². The van der Waals surface area contributed by atoms with Gasteiger partial charge in [0.05, 0.1) is 0 Å². The number of carbonyl (C=O) groups is 2. The maximum Gasteiger partial charge on any atom is 0.411 e. The summed E-state index contributed by atoms with van der Waals surface area (Å²) in [6.07, 6.45) is -0.0732. The van der Waals surface area contributed by atoms with Crippen LogP contribution in [0, 0.1) is 0 Å². The zero-order valence-electron chi connectivity index (χ0n) is 16.3. The predicted octanol–water partition coefficient (Wildman–Crippen LogP) is 4.18. The minimum atomic E-state index is -1.08. The highest BCUT2D eigenvalue weighted by molar-refractivity contribution is 5.82. The zero-order valence-corrected chi connectivity index (χ0v) is 16.3. The largest absolute Gasteiger partial charge is 0.489 e. The lowest BCUT2D eigenvalue weighted by Gasteiger charge is -2.36. The van der Waals surface area contributed by atoms with Crippen molar-refractivity contribution in [1.29, 1.82) is 0 Å². The second-order valence-corrected chi connectivity index (χ2v) is 7.80. The maximum absolute atomic E-state index is 12.5. The molecule has 6 nitrogen and oxygen atoms in total. The van der Waals surface area contributed by atoms with E-state index in [0.717, 1.165) is 11.1 Å². The molecule has 3 rings (SSSR count). The summed E-state index contributed by atoms with van der Waals surface area (Å²) in [5, 5.41) is 9.74. The molecule has 0 unspecified atom stereocenters. The molecule has 1 heterocycles. The van der Waals surface area contributed by atoms with Gasteiger partial charge in [-0.3, -0.25) is 4.90 Å². The smallest absolute Gasteiger partial charge is 0.411 e. The van der Waals surface area contributed by atoms with Crippen LogP contribution in [0.5, 0.6) is 5.75 Å². The van der Waals surface area contributed by atoms with Gasteiger partial charge in [0.1, 0.15) is 18.0 Å². The van der Waals surface area contributed by atoms with Gasteiger partial charge in [-0.25, -0.2) is 9.59 Å². The minimum Gasteiger partial charge on any atom is -0.489 e. The van der Waals surface area contributed by atoms with Gasteiger partial charge in [-0.15, -0.1) is 0 Å². The fourth-order valence-corrected chi connectivity index (χ4v) is 3.22. The number of benzene rings is 2. The number of fused-ring (bicyclic) bond motifs is 1. The molecule has 0 bridgehead atoms. The predicted molar refractivity (Wildman–Crippen MR) is 104 cm³/mol. The van der Waals surface area contributed by atoms with Crippen molar-refractivity contribution in [3.8, 4) is 5.75 Å². The number of carbonyl (C=O) groups excluding carboxylic acids is 1. The van der Waals surface area contributed by atoms with E-state index in [2.05, 4.69) is 0 Å². The van der Waals surface area contributed by atoms with Gasteiger partial charge < -0.3 is 14.6 Å². The molecule has 1 aliphatic rings. The van der Waals surface area contributed by atoms with Crippen LogP contribution < -0.4 is 4.74 Å². The molecule has 2 aromatic rings. The SMILES string of the molecule is CC(C)(C)OC(=O)N1CCc2cc(OCc3ccccc3)ccc2[C@H]1C(=O)O. The second-order valence-electron chi connectivity index (χ2n) is 7.80. The molecule has 0 aromatic heterocycles. The van der Waals surface area contributed by atoms with Gasteiger partial charge in [0.15, 0.2) is 6.04 Å². The number of hydrogen-bond acceptors (Lipinski definition) is 4. The van der Waals surface area contributed by atoms with Gasteiger partial charge in [-0.05, 0) is 56.0 Å². The van der Waals surface area contributed by atoms with Crippen molar-refractivity contribution >= 4 is 12.1 Å². The molecular weight excluding hydrogens is 358 g/mol. The lowest BCUT2D eigenvalue weighted by atomic mass is 9.92. The van der Waals surface area contributed by atoms with Crippen LogP contribution >= 0.6 is 0 Å². The second kappa shape index (κ2) is 7.92. The molecule has 0 spiro atoms. The molecule has 0 saturated carbocycles. The summed E-state index contributed by atoms with van der Waals surface area (Å²) in [6, 6.07) is 14.1. The quantitative estimate of drug-likeness (QED) is 0.857. The summed E-state index contributed by atoms with van der Waals surface area (Å²) in [7, 11) is 0. The van der Waals surface area contributed by atoms with Crippen molar-refractivity contribution in [2.75, 3.05) is 6.54 Å². The monoisotopic (exact) mass is 383 g/mol. The Kier molecular flexibility index (Phi) is 5.58. The Morgan fingerprint density at radius 3 is 2.50 bits per heavy atom. The number of aliphatic carboxylic acids is 1. The Hall–Kier alpha value is -3.02. The van der Waals surface area contributed by atoms with Crippen molar-refractivity contribution in [2.45, 2.75) is 45.4 Å². The first-order valence-corrected chi connectivity index (χ1v) is 9.26. The Balaban J connectivity index is 1.79. The van der Waals surface area contributed by atoms with Crippen molar-refractivity contribution in [3.63, 3.8) is 0 Å². The van der Waals surface area contributed by atoms with E-state index in [-0.39, 0.29) is 6.54 Å². The Morgan fingerprint density at radius 2 is 1.86 bits per heavy atom. The number of amides is 1. The van der Waals surface area contributed by atoms with Gasteiger partial charge in [0, 0.05) is 6.54 Å². The van der Waals surface area contributed by atoms with Crippen LogP contribution in [-0.4, -0.2) is 34.2 Å². The number of ether oxygens (including phenoxy) is 2. The molecule has 1 N–H and O–H groups in total. The van der Waals surface area contributed by atoms with E-state index in [1.54, 1.807) is 32.9 Å². The number of rotatable bonds is 4. The van der Waals surface area contributed by atoms with Crippen LogP contribution in [0.15, 0.2) is 48.5 Å². The summed E-state index contributed by atoms with van der Waals surface area (Å²) in [4.78, 5) is 25.7. The van der Waals surface area contributed by atoms with Crippen LogP contribution in [0.2, 0.25) is 0 Å². The molecule has 1 amide bonds. The zero-order chi connectivity index (χ0) is 20.3. The van der Waals surface area contributed by atoms with Crippen molar-refractivity contribution in [3.05, 3.63) is 65.2 Å². The average Bonchev–Trinajstić information content (AvgIpc) is 2.64. The minimum absolute atomic E-state index is 0.279. The molecule has 0 fully saturated rings. The Morgan fingerprint density at radius 1 is 1.14 bits per heavy atom. The molecule has 148 valence electrons. The van der Waals surface area contributed by atoms with Crippen LogP contribution in [-0.2, 0) is 22.6 Å². The molecular formula is C22H25NO5.